The van der Waals surface area contributed by atoms with Crippen LogP contribution in [0.1, 0.15) is 58.4 Å². The third kappa shape index (κ3) is 6.23. The lowest BCUT2D eigenvalue weighted by Crippen LogP contribution is -2.59. The van der Waals surface area contributed by atoms with Gasteiger partial charge in [0, 0.05) is 50.2 Å². The number of rotatable bonds is 8. The van der Waals surface area contributed by atoms with E-state index in [2.05, 4.69) is 38.3 Å². The van der Waals surface area contributed by atoms with Crippen molar-refractivity contribution in [3.63, 3.8) is 0 Å². The molecule has 0 radical (unpaired) electrons. The number of aromatic nitrogens is 4. The second kappa shape index (κ2) is 12.6. The Morgan fingerprint density at radius 3 is 2.29 bits per heavy atom. The lowest BCUT2D eigenvalue weighted by atomic mass is 9.59. The highest BCUT2D eigenvalue weighted by molar-refractivity contribution is 5.98. The fourth-order valence-electron chi connectivity index (χ4n) is 8.88. The maximum atomic E-state index is 11.2. The summed E-state index contributed by atoms with van der Waals surface area (Å²) in [6, 6.07) is 18.7. The minimum atomic E-state index is -0.785. The molecule has 2 aromatic heterocycles. The van der Waals surface area contributed by atoms with E-state index in [4.69, 9.17) is 15.6 Å². The van der Waals surface area contributed by atoms with Gasteiger partial charge >= 0.3 is 6.09 Å². The Morgan fingerprint density at radius 1 is 0.939 bits per heavy atom. The first kappa shape index (κ1) is 32.0. The number of anilines is 1. The number of amides is 1. The van der Waals surface area contributed by atoms with E-state index in [-0.39, 0.29) is 11.5 Å². The van der Waals surface area contributed by atoms with E-state index in [9.17, 15) is 9.90 Å². The zero-order valence-corrected chi connectivity index (χ0v) is 28.7. The van der Waals surface area contributed by atoms with E-state index in [0.29, 0.717) is 36.3 Å². The Kier molecular flexibility index (Phi) is 8.22. The summed E-state index contributed by atoms with van der Waals surface area (Å²) in [6.07, 6.45) is 8.03. The Balaban J connectivity index is 0.862. The van der Waals surface area contributed by atoms with Crippen LogP contribution in [0.4, 0.5) is 10.6 Å². The van der Waals surface area contributed by atoms with Crippen LogP contribution in [-0.4, -0.2) is 97.5 Å². The van der Waals surface area contributed by atoms with Crippen molar-refractivity contribution in [2.75, 3.05) is 51.5 Å². The predicted octanol–water partition coefficient (Wildman–Crippen LogP) is 6.39. The number of likely N-dealkylation sites (tertiary alicyclic amines) is 3. The molecule has 0 atom stereocenters. The Hall–Kier alpha value is -4.22. The molecule has 2 aromatic carbocycles. The summed E-state index contributed by atoms with van der Waals surface area (Å²) >= 11 is 0. The molecule has 1 spiro atoms. The average molecular weight is 665 g/mol. The Morgan fingerprint density at radius 2 is 1.61 bits per heavy atom. The fourth-order valence-corrected chi connectivity index (χ4v) is 8.88. The molecule has 11 heteroatoms. The molecule has 1 amide bonds. The highest BCUT2D eigenvalue weighted by Gasteiger charge is 2.49. The number of carbonyl (C=O) groups is 1. The highest BCUT2D eigenvalue weighted by atomic mass is 16.5. The van der Waals surface area contributed by atoms with Crippen molar-refractivity contribution in [3.8, 4) is 22.8 Å². The van der Waals surface area contributed by atoms with Gasteiger partial charge in [-0.25, -0.2) is 19.4 Å². The van der Waals surface area contributed by atoms with Crippen molar-refractivity contribution in [1.29, 1.82) is 0 Å². The van der Waals surface area contributed by atoms with Crippen molar-refractivity contribution in [2.45, 2.75) is 64.5 Å². The lowest BCUT2D eigenvalue weighted by Gasteiger charge is -2.57. The first-order valence-corrected chi connectivity index (χ1v) is 17.9. The molecule has 8 rings (SSSR count). The number of nitrogens with two attached hydrogens (primary N) is 1. The van der Waals surface area contributed by atoms with Crippen LogP contribution in [0.15, 0.2) is 60.9 Å². The summed E-state index contributed by atoms with van der Waals surface area (Å²) in [5.41, 5.74) is 9.66. The number of fused-ring (bicyclic) bond motifs is 1. The smallest absolute Gasteiger partial charge is 0.407 e. The van der Waals surface area contributed by atoms with Crippen LogP contribution in [0.5, 0.6) is 11.5 Å². The van der Waals surface area contributed by atoms with E-state index >= 15 is 0 Å². The summed E-state index contributed by atoms with van der Waals surface area (Å²) < 4.78 is 8.12. The van der Waals surface area contributed by atoms with Crippen molar-refractivity contribution in [3.05, 3.63) is 60.9 Å². The normalized spacial score (nSPS) is 21.1. The zero-order valence-electron chi connectivity index (χ0n) is 28.7. The van der Waals surface area contributed by atoms with Crippen molar-refractivity contribution >= 4 is 22.9 Å². The first-order chi connectivity index (χ1) is 23.7. The molecular weight excluding hydrogens is 616 g/mol. The van der Waals surface area contributed by atoms with Gasteiger partial charge in [0.15, 0.2) is 5.65 Å². The molecule has 0 bridgehead atoms. The van der Waals surface area contributed by atoms with Crippen LogP contribution >= 0.6 is 0 Å². The minimum absolute atomic E-state index is 0.142. The van der Waals surface area contributed by atoms with Crippen LogP contribution in [-0.2, 0) is 0 Å². The number of ether oxygens (including phenoxy) is 1. The fraction of sp³-hybridized carbons (Fsp3) is 0.526. The molecule has 4 fully saturated rings. The molecule has 5 heterocycles. The van der Waals surface area contributed by atoms with E-state index in [0.717, 1.165) is 79.4 Å². The number of hydrogen-bond acceptors (Lipinski definition) is 8. The second-order valence-electron chi connectivity index (χ2n) is 15.7. The number of nitrogen functional groups attached to an aromatic ring is 1. The lowest BCUT2D eigenvalue weighted by molar-refractivity contribution is -0.0629. The van der Waals surface area contributed by atoms with Crippen LogP contribution in [0.2, 0.25) is 0 Å². The van der Waals surface area contributed by atoms with Gasteiger partial charge in [0.05, 0.1) is 11.4 Å². The number of piperidine rings is 2. The summed E-state index contributed by atoms with van der Waals surface area (Å²) in [4.78, 5) is 27.1. The summed E-state index contributed by atoms with van der Waals surface area (Å²) in [6.45, 7) is 11.5. The molecule has 1 saturated carbocycles. The van der Waals surface area contributed by atoms with Gasteiger partial charge in [-0.15, -0.1) is 0 Å². The number of nitrogens with zero attached hydrogens (tertiary/aromatic N) is 7. The second-order valence-corrected chi connectivity index (χ2v) is 15.7. The largest absolute Gasteiger partial charge is 0.465 e. The minimum Gasteiger partial charge on any atom is -0.465 e. The Bertz CT molecular complexity index is 1780. The molecule has 0 unspecified atom stereocenters. The third-order valence-corrected chi connectivity index (χ3v) is 12.1. The van der Waals surface area contributed by atoms with Gasteiger partial charge < -0.3 is 30.3 Å². The number of carboxylic acid groups (broad SMARTS) is 1. The molecule has 3 saturated heterocycles. The molecule has 4 aliphatic rings. The molecule has 258 valence electrons. The standard InChI is InChI=1S/C38H48N8O3/c1-37(2,27-22-45(23-27)36(47)48)24-43-18-14-38(15-19-43)20-29(21-38)44-16-12-28(13-17-44)46-35-32(34(39)40-25-41-35)33(42-46)26-8-10-31(11-9-26)49-30-6-4-3-5-7-30/h3-11,25,27-29H,12-24H2,1-2H3,(H,47,48)(H2,39,40,41). The summed E-state index contributed by atoms with van der Waals surface area (Å²) in [5.74, 6) is 2.48. The molecule has 49 heavy (non-hydrogen) atoms. The van der Waals surface area contributed by atoms with Crippen LogP contribution in [0.25, 0.3) is 22.3 Å². The number of hydrogen-bond donors (Lipinski definition) is 2. The van der Waals surface area contributed by atoms with Crippen LogP contribution in [0.3, 0.4) is 0 Å². The molecule has 4 aromatic rings. The number of para-hydroxylation sites is 1. The molecule has 3 aliphatic heterocycles. The van der Waals surface area contributed by atoms with E-state index in [1.54, 1.807) is 6.33 Å². The average Bonchev–Trinajstić information content (AvgIpc) is 3.45. The summed E-state index contributed by atoms with van der Waals surface area (Å²) in [7, 11) is 0. The van der Waals surface area contributed by atoms with Gasteiger partial charge in [-0.3, -0.25) is 0 Å². The Labute approximate surface area is 288 Å². The maximum absolute atomic E-state index is 11.2. The quantitative estimate of drug-likeness (QED) is 0.221. The van der Waals surface area contributed by atoms with Crippen molar-refractivity contribution < 1.29 is 14.6 Å². The predicted molar refractivity (Wildman–Crippen MR) is 190 cm³/mol. The molecular formula is C38H48N8O3. The van der Waals surface area contributed by atoms with E-state index < -0.39 is 6.09 Å². The van der Waals surface area contributed by atoms with Gasteiger partial charge in [-0.05, 0) is 98.8 Å². The van der Waals surface area contributed by atoms with Crippen molar-refractivity contribution in [1.82, 2.24) is 34.4 Å². The monoisotopic (exact) mass is 664 g/mol. The van der Waals surface area contributed by atoms with Gasteiger partial charge in [-0.2, -0.15) is 5.10 Å². The topological polar surface area (TPSA) is 126 Å². The summed E-state index contributed by atoms with van der Waals surface area (Å²) in [5, 5.41) is 15.2. The van der Waals surface area contributed by atoms with Gasteiger partial charge in [0.25, 0.3) is 0 Å². The van der Waals surface area contributed by atoms with Crippen LogP contribution < -0.4 is 10.5 Å². The van der Waals surface area contributed by atoms with Gasteiger partial charge in [0.2, 0.25) is 0 Å². The van der Waals surface area contributed by atoms with Crippen molar-refractivity contribution in [2.24, 2.45) is 16.7 Å². The van der Waals surface area contributed by atoms with Crippen LogP contribution in [0, 0.1) is 16.7 Å². The zero-order chi connectivity index (χ0) is 33.8. The number of benzene rings is 2. The van der Waals surface area contributed by atoms with E-state index in [1.807, 2.05) is 54.6 Å². The third-order valence-electron chi connectivity index (χ3n) is 12.1. The SMILES string of the molecule is CC(C)(CN1CCC2(CC1)CC(N1CCC(n3nc(-c4ccc(Oc5ccccc5)cc4)c4c(N)ncnc43)CC1)C2)C1CN(C(=O)O)C1. The first-order valence-electron chi connectivity index (χ1n) is 17.9. The van der Waals surface area contributed by atoms with E-state index in [1.165, 1.54) is 30.6 Å². The van der Waals surface area contributed by atoms with Gasteiger partial charge in [0.1, 0.15) is 29.3 Å². The molecule has 3 N–H and O–H groups in total. The highest BCUT2D eigenvalue weighted by Crippen LogP contribution is 2.52. The maximum Gasteiger partial charge on any atom is 0.407 e. The van der Waals surface area contributed by atoms with Gasteiger partial charge in [-0.1, -0.05) is 32.0 Å². The molecule has 1 aliphatic carbocycles. The molecule has 11 nitrogen and oxygen atoms in total.